The molecule has 0 aliphatic carbocycles. The van der Waals surface area contributed by atoms with E-state index < -0.39 is 0 Å². The summed E-state index contributed by atoms with van der Waals surface area (Å²) in [7, 11) is 1.97. The average molecular weight is 94.1 g/mol. The minimum atomic E-state index is 1.06. The smallest absolute Gasteiger partial charge is 0.0175 e. The first kappa shape index (κ1) is 4.44. The van der Waals surface area contributed by atoms with Gasteiger partial charge in [-0.2, -0.15) is 0 Å². The lowest BCUT2D eigenvalue weighted by Gasteiger charge is -1.89. The first-order valence-corrected chi connectivity index (χ1v) is 2.24. The van der Waals surface area contributed by atoms with Crippen LogP contribution >= 0.6 is 0 Å². The topological polar surface area (TPSA) is 4.93 Å². The molecule has 1 aromatic rings. The van der Waals surface area contributed by atoms with Crippen LogP contribution in [0, 0.1) is 6.92 Å². The molecule has 1 radical (unpaired) electrons. The fourth-order valence-corrected chi connectivity index (χ4v) is 0.497. The average Bonchev–Trinajstić information content (AvgIpc) is 1.91. The summed E-state index contributed by atoms with van der Waals surface area (Å²) in [5, 5.41) is 0. The van der Waals surface area contributed by atoms with Gasteiger partial charge in [0.15, 0.2) is 0 Å². The number of aryl methyl sites for hydroxylation is 1. The minimum absolute atomic E-state index is 1.06. The summed E-state index contributed by atoms with van der Waals surface area (Å²) in [5.74, 6) is 0. The van der Waals surface area contributed by atoms with Gasteiger partial charge in [0.25, 0.3) is 0 Å². The molecule has 1 aromatic heterocycles. The van der Waals surface area contributed by atoms with Crippen molar-refractivity contribution in [2.75, 3.05) is 0 Å². The highest BCUT2D eigenvalue weighted by molar-refractivity contribution is 5.08. The lowest BCUT2D eigenvalue weighted by Crippen LogP contribution is -1.84. The lowest BCUT2D eigenvalue weighted by molar-refractivity contribution is 0.904. The summed E-state index contributed by atoms with van der Waals surface area (Å²) in [6, 6.07) is 3.95. The summed E-state index contributed by atoms with van der Waals surface area (Å²) in [6.45, 7) is 3.74. The van der Waals surface area contributed by atoms with Crippen LogP contribution in [0.5, 0.6) is 0 Å². The van der Waals surface area contributed by atoms with Crippen molar-refractivity contribution in [2.24, 2.45) is 7.05 Å². The molecule has 7 heavy (non-hydrogen) atoms. The Morgan fingerprint density at radius 3 is 2.57 bits per heavy atom. The Bertz CT molecular complexity index is 136. The molecule has 1 rings (SSSR count). The van der Waals surface area contributed by atoms with Gasteiger partial charge in [0, 0.05) is 18.9 Å². The summed E-state index contributed by atoms with van der Waals surface area (Å²) in [6.07, 6.45) is 1.97. The molecule has 0 saturated heterocycles. The monoisotopic (exact) mass is 94.1 g/mol. The van der Waals surface area contributed by atoms with E-state index in [-0.39, 0.29) is 0 Å². The van der Waals surface area contributed by atoms with Crippen molar-refractivity contribution in [1.82, 2.24) is 4.57 Å². The van der Waals surface area contributed by atoms with Crippen molar-refractivity contribution in [3.05, 3.63) is 30.9 Å². The predicted octanol–water partition coefficient (Wildman–Crippen LogP) is 1.21. The Kier molecular flexibility index (Phi) is 0.895. The van der Waals surface area contributed by atoms with Crippen LogP contribution in [0.2, 0.25) is 0 Å². The molecule has 0 aliphatic heterocycles. The van der Waals surface area contributed by atoms with Crippen LogP contribution in [0.4, 0.5) is 0 Å². The summed E-state index contributed by atoms with van der Waals surface area (Å²) < 4.78 is 1.97. The van der Waals surface area contributed by atoms with Crippen molar-refractivity contribution >= 4 is 0 Å². The lowest BCUT2D eigenvalue weighted by atomic mass is 10.5. The third kappa shape index (κ3) is 0.660. The van der Waals surface area contributed by atoms with Gasteiger partial charge in [-0.25, -0.2) is 0 Å². The molecule has 0 atom stereocenters. The number of hydrogen-bond acceptors (Lipinski definition) is 0. The maximum atomic E-state index is 3.74. The second kappa shape index (κ2) is 1.41. The van der Waals surface area contributed by atoms with Gasteiger partial charge in [0.1, 0.15) is 0 Å². The molecular formula is C6H8N. The largest absolute Gasteiger partial charge is 0.354 e. The molecular weight excluding hydrogens is 86.1 g/mol. The zero-order valence-corrected chi connectivity index (χ0v) is 4.39. The fraction of sp³-hybridized carbons (Fsp3) is 0.167. The second-order valence-electron chi connectivity index (χ2n) is 1.61. The van der Waals surface area contributed by atoms with Crippen LogP contribution in [-0.2, 0) is 7.05 Å². The Morgan fingerprint density at radius 2 is 2.43 bits per heavy atom. The van der Waals surface area contributed by atoms with Gasteiger partial charge in [-0.15, -0.1) is 0 Å². The summed E-state index contributed by atoms with van der Waals surface area (Å²) in [4.78, 5) is 0. The van der Waals surface area contributed by atoms with Gasteiger partial charge in [0.2, 0.25) is 0 Å². The van der Waals surface area contributed by atoms with Crippen molar-refractivity contribution in [3.63, 3.8) is 0 Å². The zero-order valence-electron chi connectivity index (χ0n) is 4.39. The molecule has 0 N–H and O–H groups in total. The minimum Gasteiger partial charge on any atom is -0.354 e. The van der Waals surface area contributed by atoms with Gasteiger partial charge in [-0.05, 0) is 19.1 Å². The van der Waals surface area contributed by atoms with Gasteiger partial charge in [-0.3, -0.25) is 0 Å². The molecule has 0 aromatic carbocycles. The Morgan fingerprint density at radius 1 is 1.71 bits per heavy atom. The third-order valence-electron chi connectivity index (χ3n) is 1.05. The van der Waals surface area contributed by atoms with Crippen LogP contribution in [0.15, 0.2) is 18.3 Å². The van der Waals surface area contributed by atoms with E-state index in [0.29, 0.717) is 0 Å². The maximum Gasteiger partial charge on any atom is 0.0175 e. The molecule has 1 nitrogen and oxygen atoms in total. The van der Waals surface area contributed by atoms with Crippen molar-refractivity contribution in [3.8, 4) is 0 Å². The first-order chi connectivity index (χ1) is 3.30. The second-order valence-corrected chi connectivity index (χ2v) is 1.61. The van der Waals surface area contributed by atoms with Crippen LogP contribution in [0.3, 0.4) is 0 Å². The standard InChI is InChI=1S/C6H8N/c1-6-4-3-5-7(6)2/h3-5H,1H2,2H3. The number of nitrogens with zero attached hydrogens (tertiary/aromatic N) is 1. The van der Waals surface area contributed by atoms with Crippen LogP contribution in [0.1, 0.15) is 5.69 Å². The fourth-order valence-electron chi connectivity index (χ4n) is 0.497. The molecule has 0 aliphatic rings. The van der Waals surface area contributed by atoms with Gasteiger partial charge in [0.05, 0.1) is 0 Å². The summed E-state index contributed by atoms with van der Waals surface area (Å²) >= 11 is 0. The maximum absolute atomic E-state index is 3.74. The van der Waals surface area contributed by atoms with Crippen LogP contribution in [0.25, 0.3) is 0 Å². The van der Waals surface area contributed by atoms with E-state index in [2.05, 4.69) is 6.92 Å². The first-order valence-electron chi connectivity index (χ1n) is 2.24. The quantitative estimate of drug-likeness (QED) is 0.455. The van der Waals surface area contributed by atoms with E-state index in [1.807, 2.05) is 29.9 Å². The van der Waals surface area contributed by atoms with Crippen molar-refractivity contribution in [2.45, 2.75) is 0 Å². The van der Waals surface area contributed by atoms with E-state index in [1.165, 1.54) is 0 Å². The molecule has 37 valence electrons. The molecule has 0 amide bonds. The Hall–Kier alpha value is -0.720. The number of aromatic nitrogens is 1. The van der Waals surface area contributed by atoms with Gasteiger partial charge < -0.3 is 4.57 Å². The highest BCUT2D eigenvalue weighted by Gasteiger charge is 1.82. The molecule has 0 saturated carbocycles. The normalized spacial score (nSPS) is 9.43. The molecule has 0 spiro atoms. The van der Waals surface area contributed by atoms with Gasteiger partial charge in [-0.1, -0.05) is 0 Å². The van der Waals surface area contributed by atoms with Gasteiger partial charge >= 0.3 is 0 Å². The van der Waals surface area contributed by atoms with E-state index in [1.54, 1.807) is 0 Å². The van der Waals surface area contributed by atoms with E-state index in [9.17, 15) is 0 Å². The molecule has 0 bridgehead atoms. The van der Waals surface area contributed by atoms with Crippen molar-refractivity contribution in [1.29, 1.82) is 0 Å². The Labute approximate surface area is 43.6 Å². The van der Waals surface area contributed by atoms with E-state index >= 15 is 0 Å². The highest BCUT2D eigenvalue weighted by Crippen LogP contribution is 1.93. The highest BCUT2D eigenvalue weighted by atomic mass is 14.9. The Balaban J connectivity index is 3.12. The van der Waals surface area contributed by atoms with Crippen LogP contribution < -0.4 is 0 Å². The summed E-state index contributed by atoms with van der Waals surface area (Å²) in [5.41, 5.74) is 1.06. The molecule has 0 fully saturated rings. The number of rotatable bonds is 0. The van der Waals surface area contributed by atoms with Crippen LogP contribution in [-0.4, -0.2) is 4.57 Å². The molecule has 1 heterocycles. The van der Waals surface area contributed by atoms with E-state index in [4.69, 9.17) is 0 Å². The SMILES string of the molecule is [CH2]c1cccn1C. The van der Waals surface area contributed by atoms with E-state index in [0.717, 1.165) is 5.69 Å². The van der Waals surface area contributed by atoms with Crippen molar-refractivity contribution < 1.29 is 0 Å². The molecule has 1 heteroatoms. The third-order valence-corrected chi connectivity index (χ3v) is 1.05. The zero-order chi connectivity index (χ0) is 5.28. The number of hydrogen-bond donors (Lipinski definition) is 0. The predicted molar refractivity (Wildman–Crippen MR) is 29.9 cm³/mol. The molecule has 0 unspecified atom stereocenters.